The Balaban J connectivity index is 1.94. The highest BCUT2D eigenvalue weighted by molar-refractivity contribution is 7.99. The zero-order valence-electron chi connectivity index (χ0n) is 13.9. The first kappa shape index (κ1) is 14.6. The van der Waals surface area contributed by atoms with Crippen LogP contribution < -0.4 is 4.57 Å². The van der Waals surface area contributed by atoms with E-state index >= 15 is 0 Å². The number of rotatable bonds is 2. The first-order valence-corrected chi connectivity index (χ1v) is 9.18. The van der Waals surface area contributed by atoms with Crippen molar-refractivity contribution in [3.05, 3.63) is 78.9 Å². The third-order valence-electron chi connectivity index (χ3n) is 4.71. The van der Waals surface area contributed by atoms with Crippen molar-refractivity contribution < 1.29 is 4.57 Å². The molecule has 0 saturated carbocycles. The van der Waals surface area contributed by atoms with Crippen LogP contribution in [0.1, 0.15) is 0 Å². The number of aryl methyl sites for hydroxylation is 1. The zero-order valence-corrected chi connectivity index (χ0v) is 14.7. The van der Waals surface area contributed by atoms with Crippen LogP contribution in [0.15, 0.2) is 88.7 Å². The Hall–Kier alpha value is -2.78. The molecular formula is C22H17N2S+. The lowest BCUT2D eigenvalue weighted by Gasteiger charge is -2.07. The van der Waals surface area contributed by atoms with Crippen molar-refractivity contribution in [3.63, 3.8) is 0 Å². The van der Waals surface area contributed by atoms with Gasteiger partial charge in [0.05, 0.1) is 21.2 Å². The number of fused-ring (bicyclic) bond motifs is 4. The van der Waals surface area contributed by atoms with Gasteiger partial charge in [-0.25, -0.2) is 0 Å². The molecule has 0 fully saturated rings. The van der Waals surface area contributed by atoms with E-state index < -0.39 is 0 Å². The molecule has 0 bridgehead atoms. The van der Waals surface area contributed by atoms with E-state index in [0.29, 0.717) is 0 Å². The summed E-state index contributed by atoms with van der Waals surface area (Å²) in [5.74, 6) is 0. The number of nitrogens with one attached hydrogen (secondary N) is 1. The van der Waals surface area contributed by atoms with Crippen LogP contribution >= 0.6 is 11.8 Å². The fourth-order valence-electron chi connectivity index (χ4n) is 3.57. The van der Waals surface area contributed by atoms with Gasteiger partial charge in [0, 0.05) is 11.0 Å². The van der Waals surface area contributed by atoms with Crippen molar-refractivity contribution in [2.45, 2.75) is 9.79 Å². The number of para-hydroxylation sites is 2. The molecule has 3 heteroatoms. The van der Waals surface area contributed by atoms with E-state index in [4.69, 9.17) is 0 Å². The molecule has 1 N–H and O–H groups in total. The quantitative estimate of drug-likeness (QED) is 0.423. The van der Waals surface area contributed by atoms with Gasteiger partial charge in [-0.2, -0.15) is 4.57 Å². The maximum Gasteiger partial charge on any atom is 0.239 e. The van der Waals surface area contributed by atoms with Crippen molar-refractivity contribution in [2.75, 3.05) is 0 Å². The van der Waals surface area contributed by atoms with Gasteiger partial charge in [-0.15, -0.1) is 0 Å². The highest BCUT2D eigenvalue weighted by atomic mass is 32.2. The van der Waals surface area contributed by atoms with Crippen molar-refractivity contribution in [1.82, 2.24) is 4.98 Å². The monoisotopic (exact) mass is 341 g/mol. The summed E-state index contributed by atoms with van der Waals surface area (Å²) in [6, 6.07) is 27.8. The average molecular weight is 341 g/mol. The summed E-state index contributed by atoms with van der Waals surface area (Å²) in [6.45, 7) is 0. The van der Waals surface area contributed by atoms with Gasteiger partial charge in [0.15, 0.2) is 0 Å². The van der Waals surface area contributed by atoms with Gasteiger partial charge in [-0.05, 0) is 30.3 Å². The fourth-order valence-corrected chi connectivity index (χ4v) is 4.63. The molecule has 25 heavy (non-hydrogen) atoms. The Kier molecular flexibility index (Phi) is 3.28. The molecular weight excluding hydrogens is 324 g/mol. The summed E-state index contributed by atoms with van der Waals surface area (Å²) in [5, 5.41) is 2.54. The molecule has 0 saturated heterocycles. The van der Waals surface area contributed by atoms with Crippen molar-refractivity contribution >= 4 is 44.6 Å². The molecule has 0 spiro atoms. The van der Waals surface area contributed by atoms with Crippen LogP contribution in [-0.2, 0) is 7.05 Å². The second-order valence-corrected chi connectivity index (χ2v) is 7.30. The molecule has 3 aromatic carbocycles. The SMILES string of the molecule is C[n+]1c2ccccc2c(Sc2ccccc2)c2[nH]c3ccccc3c21. The Labute approximate surface area is 150 Å². The predicted molar refractivity (Wildman–Crippen MR) is 105 cm³/mol. The summed E-state index contributed by atoms with van der Waals surface area (Å²) in [5.41, 5.74) is 4.89. The number of pyridine rings is 1. The molecule has 0 radical (unpaired) electrons. The molecule has 0 unspecified atom stereocenters. The van der Waals surface area contributed by atoms with Crippen molar-refractivity contribution in [3.8, 4) is 0 Å². The Bertz CT molecular complexity index is 1220. The number of hydrogen-bond acceptors (Lipinski definition) is 1. The molecule has 5 aromatic rings. The molecule has 0 amide bonds. The number of benzene rings is 3. The molecule has 0 aliphatic heterocycles. The maximum absolute atomic E-state index is 3.66. The molecule has 0 atom stereocenters. The van der Waals surface area contributed by atoms with Gasteiger partial charge in [-0.1, -0.05) is 54.2 Å². The van der Waals surface area contributed by atoms with Crippen LogP contribution in [0.4, 0.5) is 0 Å². The third kappa shape index (κ3) is 2.24. The van der Waals surface area contributed by atoms with E-state index in [-0.39, 0.29) is 0 Å². The lowest BCUT2D eigenvalue weighted by atomic mass is 10.1. The molecule has 5 rings (SSSR count). The van der Waals surface area contributed by atoms with E-state index in [0.717, 1.165) is 0 Å². The van der Waals surface area contributed by atoms with Gasteiger partial charge < -0.3 is 4.98 Å². The molecule has 2 heterocycles. The van der Waals surface area contributed by atoms with Gasteiger partial charge in [-0.3, -0.25) is 0 Å². The highest BCUT2D eigenvalue weighted by Gasteiger charge is 2.22. The van der Waals surface area contributed by atoms with Crippen molar-refractivity contribution in [2.24, 2.45) is 7.05 Å². The highest BCUT2D eigenvalue weighted by Crippen LogP contribution is 2.39. The third-order valence-corrected chi connectivity index (χ3v) is 5.85. The molecule has 0 aliphatic rings. The minimum Gasteiger partial charge on any atom is -0.348 e. The van der Waals surface area contributed by atoms with Gasteiger partial charge in [0.2, 0.25) is 11.0 Å². The second kappa shape index (κ2) is 5.64. The standard InChI is InChI=1S/C22H16N2S/c1-24-19-14-8-6-12-17(19)22(25-15-9-3-2-4-10-15)20-21(24)16-11-5-7-13-18(16)23-20/h2-14H,1H3/p+1. The van der Waals surface area contributed by atoms with Crippen LogP contribution in [-0.4, -0.2) is 4.98 Å². The van der Waals surface area contributed by atoms with Crippen LogP contribution in [0, 0.1) is 0 Å². The number of aromatic nitrogens is 2. The summed E-state index contributed by atoms with van der Waals surface area (Å²) in [7, 11) is 2.15. The van der Waals surface area contributed by atoms with E-state index in [1.165, 1.54) is 42.6 Å². The number of aromatic amines is 1. The van der Waals surface area contributed by atoms with Gasteiger partial charge >= 0.3 is 0 Å². The van der Waals surface area contributed by atoms with Crippen LogP contribution in [0.25, 0.3) is 32.8 Å². The first-order valence-electron chi connectivity index (χ1n) is 8.37. The lowest BCUT2D eigenvalue weighted by Crippen LogP contribution is -2.30. The average Bonchev–Trinajstić information content (AvgIpc) is 3.06. The van der Waals surface area contributed by atoms with Crippen LogP contribution in [0.3, 0.4) is 0 Å². The Morgan fingerprint density at radius 1 is 0.760 bits per heavy atom. The van der Waals surface area contributed by atoms with Gasteiger partial charge in [0.25, 0.3) is 0 Å². The number of H-pyrrole nitrogens is 1. The van der Waals surface area contributed by atoms with Crippen LogP contribution in [0.5, 0.6) is 0 Å². The normalized spacial score (nSPS) is 11.6. The fraction of sp³-hybridized carbons (Fsp3) is 0.0455. The summed E-state index contributed by atoms with van der Waals surface area (Å²) in [4.78, 5) is 6.19. The van der Waals surface area contributed by atoms with E-state index in [9.17, 15) is 0 Å². The zero-order chi connectivity index (χ0) is 16.8. The minimum atomic E-state index is 1.18. The smallest absolute Gasteiger partial charge is 0.239 e. The largest absolute Gasteiger partial charge is 0.348 e. The number of nitrogens with zero attached hydrogens (tertiary/aromatic N) is 1. The van der Waals surface area contributed by atoms with Gasteiger partial charge in [0.1, 0.15) is 12.6 Å². The maximum atomic E-state index is 3.66. The van der Waals surface area contributed by atoms with E-state index in [1.807, 2.05) is 11.8 Å². The first-order chi connectivity index (χ1) is 12.3. The van der Waals surface area contributed by atoms with Crippen molar-refractivity contribution in [1.29, 1.82) is 0 Å². The summed E-state index contributed by atoms with van der Waals surface area (Å²) >= 11 is 1.83. The minimum absolute atomic E-state index is 1.18. The molecule has 2 nitrogen and oxygen atoms in total. The topological polar surface area (TPSA) is 19.7 Å². The van der Waals surface area contributed by atoms with Crippen LogP contribution in [0.2, 0.25) is 0 Å². The molecule has 0 aliphatic carbocycles. The molecule has 120 valence electrons. The Morgan fingerprint density at radius 3 is 2.28 bits per heavy atom. The number of hydrogen-bond donors (Lipinski definition) is 1. The lowest BCUT2D eigenvalue weighted by molar-refractivity contribution is -0.617. The van der Waals surface area contributed by atoms with E-state index in [2.05, 4.69) is 95.5 Å². The second-order valence-electron chi connectivity index (χ2n) is 6.21. The van der Waals surface area contributed by atoms with E-state index in [1.54, 1.807) is 0 Å². The Morgan fingerprint density at radius 2 is 1.44 bits per heavy atom. The predicted octanol–water partition coefficient (Wildman–Crippen LogP) is 5.45. The molecule has 2 aromatic heterocycles. The summed E-state index contributed by atoms with van der Waals surface area (Å²) in [6.07, 6.45) is 0. The summed E-state index contributed by atoms with van der Waals surface area (Å²) < 4.78 is 2.30.